The van der Waals surface area contributed by atoms with Crippen LogP contribution in [-0.2, 0) is 0 Å². The van der Waals surface area contributed by atoms with E-state index in [1.165, 1.54) is 11.1 Å². The monoisotopic (exact) mass is 262 g/mol. The lowest BCUT2D eigenvalue weighted by molar-refractivity contribution is 0.831. The minimum Gasteiger partial charge on any atom is -0.343 e. The zero-order chi connectivity index (χ0) is 13.8. The average Bonchev–Trinajstić information content (AvgIpc) is 2.56. The van der Waals surface area contributed by atoms with Gasteiger partial charge in [0.2, 0.25) is 0 Å². The summed E-state index contributed by atoms with van der Waals surface area (Å²) in [5, 5.41) is 0. The average molecular weight is 262 g/mol. The number of nitrogens with zero attached hydrogens (tertiary/aromatic N) is 2. The van der Waals surface area contributed by atoms with Gasteiger partial charge >= 0.3 is 0 Å². The van der Waals surface area contributed by atoms with Crippen LogP contribution in [0.15, 0.2) is 78.8 Å². The number of allylic oxidation sites excluding steroid dienone is 2. The van der Waals surface area contributed by atoms with E-state index in [0.717, 1.165) is 12.2 Å². The number of hydrogen-bond acceptors (Lipinski definition) is 2. The zero-order valence-corrected chi connectivity index (χ0v) is 11.6. The second-order valence-corrected chi connectivity index (χ2v) is 5.05. The third-order valence-corrected chi connectivity index (χ3v) is 3.76. The van der Waals surface area contributed by atoms with Gasteiger partial charge in [0.1, 0.15) is 0 Å². The van der Waals surface area contributed by atoms with Crippen LogP contribution in [0.1, 0.15) is 18.4 Å². The Kier molecular flexibility index (Phi) is 3.64. The van der Waals surface area contributed by atoms with Crippen LogP contribution in [0.4, 0.5) is 5.69 Å². The number of benzene rings is 1. The number of pyridine rings is 1. The highest BCUT2D eigenvalue weighted by Crippen LogP contribution is 2.28. The molecule has 1 aromatic heterocycles. The molecule has 1 atom stereocenters. The van der Waals surface area contributed by atoms with Crippen molar-refractivity contribution < 1.29 is 0 Å². The van der Waals surface area contributed by atoms with E-state index in [9.17, 15) is 0 Å². The van der Waals surface area contributed by atoms with Crippen molar-refractivity contribution in [2.75, 3.05) is 11.4 Å². The molecule has 0 aliphatic carbocycles. The Hall–Kier alpha value is -2.35. The van der Waals surface area contributed by atoms with Gasteiger partial charge in [0.15, 0.2) is 0 Å². The Labute approximate surface area is 120 Å². The predicted octanol–water partition coefficient (Wildman–Crippen LogP) is 4.15. The molecular weight excluding hydrogens is 244 g/mol. The SMILES string of the molecule is CC(C1=CC=CN(c2cccnc2)C1)c1ccccc1. The number of hydrogen-bond donors (Lipinski definition) is 0. The summed E-state index contributed by atoms with van der Waals surface area (Å²) in [4.78, 5) is 6.43. The maximum absolute atomic E-state index is 4.19. The summed E-state index contributed by atoms with van der Waals surface area (Å²) in [6.07, 6.45) is 10.2. The summed E-state index contributed by atoms with van der Waals surface area (Å²) in [6, 6.07) is 14.7. The van der Waals surface area contributed by atoms with Crippen LogP contribution in [0, 0.1) is 0 Å². The molecule has 2 aromatic rings. The topological polar surface area (TPSA) is 16.1 Å². The van der Waals surface area contributed by atoms with Crippen molar-refractivity contribution in [3.8, 4) is 0 Å². The Morgan fingerprint density at radius 2 is 1.95 bits per heavy atom. The maximum atomic E-state index is 4.19. The molecule has 1 aliphatic heterocycles. The molecule has 2 heterocycles. The van der Waals surface area contributed by atoms with Crippen molar-refractivity contribution in [3.63, 3.8) is 0 Å². The molecule has 0 spiro atoms. The second kappa shape index (κ2) is 5.74. The third-order valence-electron chi connectivity index (χ3n) is 3.76. The minimum absolute atomic E-state index is 0.431. The molecule has 2 heteroatoms. The van der Waals surface area contributed by atoms with Gasteiger partial charge in [-0.2, -0.15) is 0 Å². The van der Waals surface area contributed by atoms with E-state index in [4.69, 9.17) is 0 Å². The largest absolute Gasteiger partial charge is 0.343 e. The van der Waals surface area contributed by atoms with Crippen LogP contribution in [0.2, 0.25) is 0 Å². The summed E-state index contributed by atoms with van der Waals surface area (Å²) in [6.45, 7) is 3.18. The quantitative estimate of drug-likeness (QED) is 0.826. The fourth-order valence-electron chi connectivity index (χ4n) is 2.51. The Morgan fingerprint density at radius 1 is 1.10 bits per heavy atom. The molecule has 2 nitrogen and oxygen atoms in total. The lowest BCUT2D eigenvalue weighted by atomic mass is 9.91. The van der Waals surface area contributed by atoms with Gasteiger partial charge in [-0.1, -0.05) is 43.3 Å². The number of rotatable bonds is 3. The molecule has 0 bridgehead atoms. The smallest absolute Gasteiger partial charge is 0.0595 e. The van der Waals surface area contributed by atoms with Crippen LogP contribution in [-0.4, -0.2) is 11.5 Å². The number of aromatic nitrogens is 1. The van der Waals surface area contributed by atoms with E-state index in [2.05, 4.69) is 71.6 Å². The van der Waals surface area contributed by atoms with Crippen LogP contribution in [0.3, 0.4) is 0 Å². The molecule has 1 unspecified atom stereocenters. The van der Waals surface area contributed by atoms with Crippen LogP contribution < -0.4 is 4.90 Å². The van der Waals surface area contributed by atoms with Crippen molar-refractivity contribution in [2.45, 2.75) is 12.8 Å². The van der Waals surface area contributed by atoms with Crippen LogP contribution in [0.5, 0.6) is 0 Å². The highest BCUT2D eigenvalue weighted by Gasteiger charge is 2.16. The summed E-state index contributed by atoms with van der Waals surface area (Å²) >= 11 is 0. The third kappa shape index (κ3) is 2.64. The molecule has 1 aromatic carbocycles. The molecule has 0 saturated heterocycles. The fourth-order valence-corrected chi connectivity index (χ4v) is 2.51. The zero-order valence-electron chi connectivity index (χ0n) is 11.6. The molecule has 1 aliphatic rings. The molecule has 0 N–H and O–H groups in total. The minimum atomic E-state index is 0.431. The van der Waals surface area contributed by atoms with Gasteiger partial charge in [-0.05, 0) is 29.3 Å². The van der Waals surface area contributed by atoms with Crippen molar-refractivity contribution >= 4 is 5.69 Å². The summed E-state index contributed by atoms with van der Waals surface area (Å²) in [7, 11) is 0. The van der Waals surface area contributed by atoms with Gasteiger partial charge in [0.05, 0.1) is 11.9 Å². The maximum Gasteiger partial charge on any atom is 0.0595 e. The predicted molar refractivity (Wildman–Crippen MR) is 83.7 cm³/mol. The molecule has 3 rings (SSSR count). The first kappa shape index (κ1) is 12.7. The van der Waals surface area contributed by atoms with E-state index >= 15 is 0 Å². The van der Waals surface area contributed by atoms with Crippen molar-refractivity contribution in [2.24, 2.45) is 0 Å². The summed E-state index contributed by atoms with van der Waals surface area (Å²) < 4.78 is 0. The molecule has 0 fully saturated rings. The molecule has 20 heavy (non-hydrogen) atoms. The van der Waals surface area contributed by atoms with Gasteiger partial charge < -0.3 is 4.90 Å². The molecule has 100 valence electrons. The molecular formula is C18H18N2. The Morgan fingerprint density at radius 3 is 2.70 bits per heavy atom. The van der Waals surface area contributed by atoms with E-state index < -0.39 is 0 Å². The van der Waals surface area contributed by atoms with Gasteiger partial charge in [-0.25, -0.2) is 0 Å². The normalized spacial score (nSPS) is 15.8. The van der Waals surface area contributed by atoms with E-state index in [1.807, 2.05) is 12.3 Å². The van der Waals surface area contributed by atoms with Gasteiger partial charge in [0.25, 0.3) is 0 Å². The number of anilines is 1. The van der Waals surface area contributed by atoms with Crippen LogP contribution >= 0.6 is 0 Å². The lowest BCUT2D eigenvalue weighted by Gasteiger charge is -2.27. The van der Waals surface area contributed by atoms with Gasteiger partial charge in [0, 0.05) is 24.9 Å². The van der Waals surface area contributed by atoms with Gasteiger partial charge in [-0.15, -0.1) is 0 Å². The molecule has 0 amide bonds. The lowest BCUT2D eigenvalue weighted by Crippen LogP contribution is -2.23. The Bertz CT molecular complexity index is 614. The van der Waals surface area contributed by atoms with Crippen molar-refractivity contribution in [1.82, 2.24) is 4.98 Å². The standard InChI is InChI=1S/C18H18N2/c1-15(16-7-3-2-4-8-16)17-9-6-12-20(14-17)18-10-5-11-19-13-18/h2-13,15H,14H2,1H3. The fraction of sp³-hybridized carbons (Fsp3) is 0.167. The van der Waals surface area contributed by atoms with E-state index in [-0.39, 0.29) is 0 Å². The van der Waals surface area contributed by atoms with E-state index in [1.54, 1.807) is 6.20 Å². The second-order valence-electron chi connectivity index (χ2n) is 5.05. The molecule has 0 radical (unpaired) electrons. The van der Waals surface area contributed by atoms with Crippen molar-refractivity contribution in [1.29, 1.82) is 0 Å². The van der Waals surface area contributed by atoms with E-state index in [0.29, 0.717) is 5.92 Å². The van der Waals surface area contributed by atoms with Crippen molar-refractivity contribution in [3.05, 3.63) is 84.3 Å². The first-order chi connectivity index (χ1) is 9.84. The first-order valence-electron chi connectivity index (χ1n) is 6.93. The summed E-state index contributed by atoms with van der Waals surface area (Å²) in [5.74, 6) is 0.431. The summed E-state index contributed by atoms with van der Waals surface area (Å²) in [5.41, 5.74) is 3.91. The highest BCUT2D eigenvalue weighted by atomic mass is 15.1. The first-order valence-corrected chi connectivity index (χ1v) is 6.93. The molecule has 0 saturated carbocycles. The highest BCUT2D eigenvalue weighted by molar-refractivity contribution is 5.52. The van der Waals surface area contributed by atoms with Crippen LogP contribution in [0.25, 0.3) is 0 Å². The van der Waals surface area contributed by atoms with Gasteiger partial charge in [-0.3, -0.25) is 4.98 Å². The Balaban J connectivity index is 1.79.